The van der Waals surface area contributed by atoms with E-state index in [4.69, 9.17) is 44.3 Å². The van der Waals surface area contributed by atoms with Gasteiger partial charge in [0.15, 0.2) is 0 Å². The van der Waals surface area contributed by atoms with Gasteiger partial charge in [0.1, 0.15) is 11.5 Å². The Morgan fingerprint density at radius 3 is 2.55 bits per heavy atom. The lowest BCUT2D eigenvalue weighted by Crippen LogP contribution is -2.24. The summed E-state index contributed by atoms with van der Waals surface area (Å²) in [5.74, 6) is 1.28. The lowest BCUT2D eigenvalue weighted by atomic mass is 10.1. The fourth-order valence-electron chi connectivity index (χ4n) is 1.51. The molecule has 108 valence electrons. The molecule has 1 aromatic rings. The van der Waals surface area contributed by atoms with Crippen LogP contribution in [-0.4, -0.2) is 27.8 Å². The maximum atomic E-state index is 11.1. The molecule has 0 saturated heterocycles. The predicted octanol–water partition coefficient (Wildman–Crippen LogP) is 3.56. The van der Waals surface area contributed by atoms with Crippen LogP contribution < -0.4 is 14.9 Å². The van der Waals surface area contributed by atoms with Crippen LogP contribution >= 0.6 is 46.6 Å². The van der Waals surface area contributed by atoms with E-state index in [9.17, 15) is 4.79 Å². The summed E-state index contributed by atoms with van der Waals surface area (Å²) in [6, 6.07) is 4.99. The van der Waals surface area contributed by atoms with Crippen LogP contribution in [-0.2, 0) is 0 Å². The molecule has 0 spiro atoms. The molecule has 0 saturated carbocycles. The van der Waals surface area contributed by atoms with Crippen molar-refractivity contribution in [3.05, 3.63) is 23.8 Å². The lowest BCUT2D eigenvalue weighted by molar-refractivity contribution is 0.261. The minimum absolute atomic E-state index is 0.200. The predicted molar refractivity (Wildman–Crippen MR) is 81.4 cm³/mol. The van der Waals surface area contributed by atoms with Crippen molar-refractivity contribution in [2.24, 2.45) is 5.10 Å². The van der Waals surface area contributed by atoms with E-state index in [1.54, 1.807) is 18.2 Å². The van der Waals surface area contributed by atoms with Crippen molar-refractivity contribution in [3.8, 4) is 11.5 Å². The Morgan fingerprint density at radius 2 is 2.00 bits per heavy atom. The fraction of sp³-hybridized carbons (Fsp3) is 0.273. The van der Waals surface area contributed by atoms with Gasteiger partial charge in [-0.05, 0) is 46.9 Å². The zero-order chi connectivity index (χ0) is 14.8. The first-order valence-electron chi connectivity index (χ1n) is 5.32. The largest absolute Gasteiger partial charge is 0.497 e. The third-order valence-electron chi connectivity index (χ3n) is 2.30. The molecule has 1 N–H and O–H groups in total. The van der Waals surface area contributed by atoms with Crippen LogP contribution in [0.3, 0.4) is 0 Å². The second kappa shape index (κ2) is 6.30. The van der Waals surface area contributed by atoms with E-state index in [2.05, 4.69) is 10.5 Å². The van der Waals surface area contributed by atoms with Gasteiger partial charge in [-0.1, -0.05) is 11.8 Å². The van der Waals surface area contributed by atoms with Crippen molar-refractivity contribution in [2.45, 2.75) is 3.98 Å². The van der Waals surface area contributed by atoms with Crippen LogP contribution in [0.2, 0.25) is 0 Å². The normalized spacial score (nSPS) is 15.4. The van der Waals surface area contributed by atoms with E-state index < -0.39 is 3.98 Å². The first kappa shape index (κ1) is 15.6. The highest BCUT2D eigenvalue weighted by Gasteiger charge is 2.23. The summed E-state index contributed by atoms with van der Waals surface area (Å²) in [5, 5.41) is 3.78. The number of halogens is 3. The first-order valence-corrected chi connectivity index (χ1v) is 7.44. The Morgan fingerprint density at radius 1 is 1.30 bits per heavy atom. The maximum Gasteiger partial charge on any atom is 0.338 e. The van der Waals surface area contributed by atoms with Crippen LogP contribution in [0.1, 0.15) is 5.56 Å². The molecule has 1 aliphatic rings. The number of rotatable bonds is 3. The number of ether oxygens (including phenoxy) is 2. The molecular formula is C11H9Cl3N2O3S. The fourth-order valence-corrected chi connectivity index (χ4v) is 2.38. The SMILES string of the molecule is COc1cc(OC(Cl)(Cl)Cl)cc(C2=NNC(=O)SC2)c1. The number of nitrogens with one attached hydrogen (secondary N) is 1. The van der Waals surface area contributed by atoms with Crippen molar-refractivity contribution in [1.29, 1.82) is 0 Å². The molecule has 0 bridgehead atoms. The van der Waals surface area contributed by atoms with Crippen LogP contribution in [0.5, 0.6) is 11.5 Å². The minimum Gasteiger partial charge on any atom is -0.497 e. The van der Waals surface area contributed by atoms with Gasteiger partial charge in [-0.15, -0.1) is 0 Å². The Balaban J connectivity index is 2.33. The molecule has 0 fully saturated rings. The van der Waals surface area contributed by atoms with Gasteiger partial charge < -0.3 is 9.47 Å². The van der Waals surface area contributed by atoms with E-state index in [1.807, 2.05) is 0 Å². The van der Waals surface area contributed by atoms with Gasteiger partial charge in [-0.25, -0.2) is 5.43 Å². The van der Waals surface area contributed by atoms with E-state index in [-0.39, 0.29) is 5.24 Å². The highest BCUT2D eigenvalue weighted by molar-refractivity contribution is 8.14. The van der Waals surface area contributed by atoms with Gasteiger partial charge >= 0.3 is 3.98 Å². The van der Waals surface area contributed by atoms with Crippen molar-refractivity contribution < 1.29 is 14.3 Å². The Labute approximate surface area is 134 Å². The molecule has 20 heavy (non-hydrogen) atoms. The second-order valence-corrected chi connectivity index (χ2v) is 6.82. The standard InChI is InChI=1S/C11H9Cl3N2O3S/c1-18-7-2-6(9-5-20-10(17)16-15-9)3-8(4-7)19-11(12,13)14/h2-4H,5H2,1H3,(H,16,17). The third-order valence-corrected chi connectivity index (χ3v) is 3.31. The van der Waals surface area contributed by atoms with Crippen LogP contribution in [0.15, 0.2) is 23.3 Å². The molecule has 0 aliphatic carbocycles. The maximum absolute atomic E-state index is 11.1. The van der Waals surface area contributed by atoms with Crippen molar-refractivity contribution in [1.82, 2.24) is 5.43 Å². The van der Waals surface area contributed by atoms with Gasteiger partial charge in [0, 0.05) is 17.4 Å². The summed E-state index contributed by atoms with van der Waals surface area (Å²) in [4.78, 5) is 11.1. The summed E-state index contributed by atoms with van der Waals surface area (Å²) in [6.07, 6.45) is 0. The van der Waals surface area contributed by atoms with Crippen LogP contribution in [0.4, 0.5) is 4.79 Å². The minimum atomic E-state index is -1.87. The van der Waals surface area contributed by atoms with Crippen molar-refractivity contribution >= 4 is 57.5 Å². The van der Waals surface area contributed by atoms with Gasteiger partial charge in [0.2, 0.25) is 0 Å². The molecule has 0 aromatic heterocycles. The second-order valence-electron chi connectivity index (χ2n) is 3.69. The number of methoxy groups -OCH3 is 1. The number of carbonyl (C=O) groups excluding carboxylic acids is 1. The van der Waals surface area contributed by atoms with Gasteiger partial charge in [-0.3, -0.25) is 4.79 Å². The summed E-state index contributed by atoms with van der Waals surface area (Å²) >= 11 is 17.9. The summed E-state index contributed by atoms with van der Waals surface area (Å²) < 4.78 is 8.45. The molecule has 2 rings (SSSR count). The number of carbonyl (C=O) groups is 1. The molecule has 5 nitrogen and oxygen atoms in total. The number of hydrogen-bond donors (Lipinski definition) is 1. The molecule has 0 atom stereocenters. The molecule has 9 heteroatoms. The molecule has 0 unspecified atom stereocenters. The molecule has 1 aromatic carbocycles. The van der Waals surface area contributed by atoms with E-state index in [0.717, 1.165) is 11.8 Å². The smallest absolute Gasteiger partial charge is 0.338 e. The quantitative estimate of drug-likeness (QED) is 0.842. The Kier molecular flexibility index (Phi) is 4.90. The number of thioether (sulfide) groups is 1. The molecule has 1 aliphatic heterocycles. The molecule has 1 heterocycles. The Bertz CT molecular complexity index is 560. The highest BCUT2D eigenvalue weighted by Crippen LogP contribution is 2.33. The summed E-state index contributed by atoms with van der Waals surface area (Å²) in [7, 11) is 1.51. The van der Waals surface area contributed by atoms with E-state index in [1.165, 1.54) is 7.11 Å². The molecule has 1 amide bonds. The number of amides is 1. The van der Waals surface area contributed by atoms with Crippen molar-refractivity contribution in [3.63, 3.8) is 0 Å². The average Bonchev–Trinajstić information content (AvgIpc) is 2.37. The summed E-state index contributed by atoms with van der Waals surface area (Å²) in [5.41, 5.74) is 3.77. The summed E-state index contributed by atoms with van der Waals surface area (Å²) in [6.45, 7) is 0. The van der Waals surface area contributed by atoms with E-state index >= 15 is 0 Å². The lowest BCUT2D eigenvalue weighted by Gasteiger charge is -2.17. The van der Waals surface area contributed by atoms with Crippen LogP contribution in [0, 0.1) is 0 Å². The van der Waals surface area contributed by atoms with Gasteiger partial charge in [0.25, 0.3) is 5.24 Å². The zero-order valence-corrected chi connectivity index (χ0v) is 13.2. The van der Waals surface area contributed by atoms with Crippen LogP contribution in [0.25, 0.3) is 0 Å². The number of benzene rings is 1. The highest BCUT2D eigenvalue weighted by atomic mass is 35.6. The third kappa shape index (κ3) is 4.34. The average molecular weight is 356 g/mol. The van der Waals surface area contributed by atoms with Gasteiger partial charge in [0.05, 0.1) is 12.8 Å². The molecular weight excluding hydrogens is 347 g/mol. The number of hydrogen-bond acceptors (Lipinski definition) is 5. The van der Waals surface area contributed by atoms with Crippen molar-refractivity contribution in [2.75, 3.05) is 12.9 Å². The topological polar surface area (TPSA) is 59.9 Å². The Hall–Kier alpha value is -0.820. The number of hydrazone groups is 1. The first-order chi connectivity index (χ1) is 9.37. The number of nitrogens with zero attached hydrogens (tertiary/aromatic N) is 1. The monoisotopic (exact) mass is 354 g/mol. The molecule has 0 radical (unpaired) electrons. The van der Waals surface area contributed by atoms with Gasteiger partial charge in [-0.2, -0.15) is 5.10 Å². The zero-order valence-electron chi connectivity index (χ0n) is 10.2. The van der Waals surface area contributed by atoms with E-state index in [0.29, 0.717) is 28.5 Å². The number of alkyl halides is 3.